The van der Waals surface area contributed by atoms with Crippen molar-refractivity contribution in [1.82, 2.24) is 10.3 Å². The third kappa shape index (κ3) is 4.86. The van der Waals surface area contributed by atoms with Crippen LogP contribution in [0.15, 0.2) is 60.9 Å². The topological polar surface area (TPSA) is 71.5 Å². The van der Waals surface area contributed by atoms with Gasteiger partial charge in [-0.15, -0.1) is 0 Å². The van der Waals surface area contributed by atoms with Gasteiger partial charge in [0.25, 0.3) is 5.91 Å². The van der Waals surface area contributed by atoms with Crippen LogP contribution in [-0.2, 0) is 13.2 Å². The molecule has 0 atom stereocenters. The molecule has 1 heterocycles. The van der Waals surface area contributed by atoms with E-state index in [1.807, 2.05) is 43.3 Å². The van der Waals surface area contributed by atoms with E-state index in [0.29, 0.717) is 30.4 Å². The van der Waals surface area contributed by atoms with E-state index in [0.717, 1.165) is 27.8 Å². The zero-order valence-electron chi connectivity index (χ0n) is 17.1. The summed E-state index contributed by atoms with van der Waals surface area (Å²) in [5, 5.41) is 12.7. The number of carbonyl (C=O) groups excluding carboxylic acids is 1. The first-order valence-electron chi connectivity index (χ1n) is 10.3. The molecule has 4 rings (SSSR count). The maximum Gasteiger partial charge on any atom is 0.255 e. The third-order valence-electron chi connectivity index (χ3n) is 5.32. The summed E-state index contributed by atoms with van der Waals surface area (Å²) < 4.78 is 5.97. The van der Waals surface area contributed by atoms with Gasteiger partial charge in [0.2, 0.25) is 0 Å². The lowest BCUT2D eigenvalue weighted by Crippen LogP contribution is -2.23. The zero-order valence-corrected chi connectivity index (χ0v) is 17.1. The Morgan fingerprint density at radius 3 is 2.83 bits per heavy atom. The average molecular weight is 402 g/mol. The van der Waals surface area contributed by atoms with Crippen LogP contribution in [0.1, 0.15) is 39.9 Å². The summed E-state index contributed by atoms with van der Waals surface area (Å²) in [5.41, 5.74) is 5.10. The van der Waals surface area contributed by atoms with E-state index in [9.17, 15) is 9.90 Å². The third-order valence-corrected chi connectivity index (χ3v) is 5.32. The van der Waals surface area contributed by atoms with Crippen molar-refractivity contribution in [3.05, 3.63) is 83.2 Å². The van der Waals surface area contributed by atoms with Gasteiger partial charge in [-0.05, 0) is 60.6 Å². The van der Waals surface area contributed by atoms with Gasteiger partial charge >= 0.3 is 0 Å². The summed E-state index contributed by atoms with van der Waals surface area (Å²) >= 11 is 0. The number of hydrogen-bond acceptors (Lipinski definition) is 4. The molecule has 0 saturated heterocycles. The number of aryl methyl sites for hydroxylation is 1. The molecule has 0 spiro atoms. The van der Waals surface area contributed by atoms with Crippen LogP contribution in [0.2, 0.25) is 0 Å². The number of aromatic nitrogens is 1. The highest BCUT2D eigenvalue weighted by molar-refractivity contribution is 5.98. The number of pyridine rings is 1. The van der Waals surface area contributed by atoms with Crippen LogP contribution in [0.3, 0.4) is 0 Å². The van der Waals surface area contributed by atoms with Gasteiger partial charge in [-0.3, -0.25) is 9.78 Å². The molecule has 154 valence electrons. The lowest BCUT2D eigenvalue weighted by molar-refractivity contribution is 0.0946. The van der Waals surface area contributed by atoms with Gasteiger partial charge in [-0.25, -0.2) is 0 Å². The zero-order chi connectivity index (χ0) is 20.9. The summed E-state index contributed by atoms with van der Waals surface area (Å²) in [7, 11) is 0. The second-order valence-corrected chi connectivity index (χ2v) is 7.83. The van der Waals surface area contributed by atoms with Crippen LogP contribution in [0.25, 0.3) is 11.1 Å². The maximum absolute atomic E-state index is 13.1. The number of hydrogen-bond donors (Lipinski definition) is 2. The average Bonchev–Trinajstić information content (AvgIpc) is 3.60. The largest absolute Gasteiger partial charge is 0.492 e. The number of benzene rings is 2. The highest BCUT2D eigenvalue weighted by atomic mass is 16.5. The van der Waals surface area contributed by atoms with Gasteiger partial charge in [0, 0.05) is 24.5 Å². The highest BCUT2D eigenvalue weighted by Crippen LogP contribution is 2.32. The Morgan fingerprint density at radius 2 is 2.07 bits per heavy atom. The molecule has 0 aliphatic heterocycles. The van der Waals surface area contributed by atoms with Crippen LogP contribution < -0.4 is 10.1 Å². The standard InChI is InChI=1S/C25H26N2O3/c1-17-3-2-4-19(11-17)13-27-25(29)22-12-20(23-14-26-10-9-21(23)15-28)7-8-24(22)30-16-18-5-6-18/h2-4,7-12,14,18,28H,5-6,13,15-16H2,1H3,(H,27,29). The van der Waals surface area contributed by atoms with Crippen LogP contribution in [-0.4, -0.2) is 22.6 Å². The molecular formula is C25H26N2O3. The predicted octanol–water partition coefficient (Wildman–Crippen LogP) is 4.27. The van der Waals surface area contributed by atoms with Crippen molar-refractivity contribution in [3.8, 4) is 16.9 Å². The summed E-state index contributed by atoms with van der Waals surface area (Å²) in [6.07, 6.45) is 5.72. The molecule has 5 nitrogen and oxygen atoms in total. The van der Waals surface area contributed by atoms with Gasteiger partial charge in [-0.1, -0.05) is 35.9 Å². The van der Waals surface area contributed by atoms with E-state index in [2.05, 4.69) is 16.4 Å². The van der Waals surface area contributed by atoms with Crippen molar-refractivity contribution >= 4 is 5.91 Å². The molecule has 0 radical (unpaired) electrons. The first kappa shape index (κ1) is 20.1. The van der Waals surface area contributed by atoms with Gasteiger partial charge in [0.05, 0.1) is 18.8 Å². The van der Waals surface area contributed by atoms with Crippen molar-refractivity contribution in [1.29, 1.82) is 0 Å². The summed E-state index contributed by atoms with van der Waals surface area (Å²) in [6.45, 7) is 3.02. The summed E-state index contributed by atoms with van der Waals surface area (Å²) in [5.74, 6) is 0.993. The monoisotopic (exact) mass is 402 g/mol. The van der Waals surface area contributed by atoms with Gasteiger partial charge in [0.15, 0.2) is 0 Å². The fourth-order valence-corrected chi connectivity index (χ4v) is 3.41. The molecule has 1 aliphatic rings. The van der Waals surface area contributed by atoms with Crippen LogP contribution in [0, 0.1) is 12.8 Å². The normalized spacial score (nSPS) is 13.1. The molecule has 5 heteroatoms. The molecule has 30 heavy (non-hydrogen) atoms. The number of ether oxygens (including phenoxy) is 1. The van der Waals surface area contributed by atoms with Crippen molar-refractivity contribution in [2.75, 3.05) is 6.61 Å². The minimum absolute atomic E-state index is 0.0906. The van der Waals surface area contributed by atoms with E-state index < -0.39 is 0 Å². The smallest absolute Gasteiger partial charge is 0.255 e. The first-order chi connectivity index (χ1) is 14.6. The van der Waals surface area contributed by atoms with Crippen molar-refractivity contribution in [2.45, 2.75) is 32.9 Å². The lowest BCUT2D eigenvalue weighted by Gasteiger charge is -2.15. The van der Waals surface area contributed by atoms with Gasteiger partial charge in [0.1, 0.15) is 5.75 Å². The second-order valence-electron chi connectivity index (χ2n) is 7.83. The van der Waals surface area contributed by atoms with E-state index in [4.69, 9.17) is 4.74 Å². The molecule has 1 amide bonds. The Bertz CT molecular complexity index is 1040. The predicted molar refractivity (Wildman–Crippen MR) is 116 cm³/mol. The molecule has 2 N–H and O–H groups in total. The van der Waals surface area contributed by atoms with Crippen molar-refractivity contribution in [2.24, 2.45) is 5.92 Å². The van der Waals surface area contributed by atoms with Crippen molar-refractivity contribution < 1.29 is 14.6 Å². The van der Waals surface area contributed by atoms with Crippen LogP contribution in [0.4, 0.5) is 0 Å². The highest BCUT2D eigenvalue weighted by Gasteiger charge is 2.23. The Morgan fingerprint density at radius 1 is 1.20 bits per heavy atom. The minimum Gasteiger partial charge on any atom is -0.492 e. The van der Waals surface area contributed by atoms with E-state index in [-0.39, 0.29) is 12.5 Å². The first-order valence-corrected chi connectivity index (χ1v) is 10.3. The van der Waals surface area contributed by atoms with E-state index in [1.165, 1.54) is 12.8 Å². The van der Waals surface area contributed by atoms with Crippen LogP contribution >= 0.6 is 0 Å². The molecule has 0 bridgehead atoms. The quantitative estimate of drug-likeness (QED) is 0.590. The number of rotatable bonds is 8. The second kappa shape index (κ2) is 9.09. The molecule has 1 saturated carbocycles. The fraction of sp³-hybridized carbons (Fsp3) is 0.280. The Balaban J connectivity index is 1.60. The number of nitrogens with zero attached hydrogens (tertiary/aromatic N) is 1. The molecule has 3 aromatic rings. The minimum atomic E-state index is -0.182. The van der Waals surface area contributed by atoms with Gasteiger partial charge < -0.3 is 15.2 Å². The maximum atomic E-state index is 13.1. The Kier molecular flexibility index (Phi) is 6.10. The lowest BCUT2D eigenvalue weighted by atomic mass is 9.99. The molecule has 1 fully saturated rings. The Hall–Kier alpha value is -3.18. The summed E-state index contributed by atoms with van der Waals surface area (Å²) in [4.78, 5) is 17.2. The van der Waals surface area contributed by atoms with Gasteiger partial charge in [-0.2, -0.15) is 0 Å². The molecule has 2 aromatic carbocycles. The molecule has 0 unspecified atom stereocenters. The fourth-order valence-electron chi connectivity index (χ4n) is 3.41. The molecule has 1 aliphatic carbocycles. The van der Waals surface area contributed by atoms with E-state index in [1.54, 1.807) is 18.5 Å². The SMILES string of the molecule is Cc1cccc(CNC(=O)c2cc(-c3cnccc3CO)ccc2OCC2CC2)c1. The summed E-state index contributed by atoms with van der Waals surface area (Å²) in [6, 6.07) is 15.4. The van der Waals surface area contributed by atoms with E-state index >= 15 is 0 Å². The molecular weight excluding hydrogens is 376 g/mol. The number of aliphatic hydroxyl groups excluding tert-OH is 1. The number of nitrogens with one attached hydrogen (secondary N) is 1. The van der Waals surface area contributed by atoms with Crippen molar-refractivity contribution in [3.63, 3.8) is 0 Å². The van der Waals surface area contributed by atoms with Crippen LogP contribution in [0.5, 0.6) is 5.75 Å². The number of carbonyl (C=O) groups is 1. The molecule has 1 aromatic heterocycles. The number of aliphatic hydroxyl groups is 1. The Labute approximate surface area is 176 Å². The number of amides is 1.